The minimum absolute atomic E-state index is 0.355. The van der Waals surface area contributed by atoms with E-state index in [1.54, 1.807) is 6.20 Å². The van der Waals surface area contributed by atoms with Crippen LogP contribution in [0.4, 0.5) is 5.82 Å². The van der Waals surface area contributed by atoms with Crippen molar-refractivity contribution in [3.05, 3.63) is 60.1 Å². The summed E-state index contributed by atoms with van der Waals surface area (Å²) >= 11 is 0. The molecule has 2 aromatic heterocycles. The first-order valence-corrected chi connectivity index (χ1v) is 7.96. The van der Waals surface area contributed by atoms with Crippen molar-refractivity contribution in [2.45, 2.75) is 12.5 Å². The molecule has 25 heavy (non-hydrogen) atoms. The molecular weight excluding hydrogens is 318 g/mol. The minimum Gasteiger partial charge on any atom is -0.382 e. The van der Waals surface area contributed by atoms with Crippen molar-refractivity contribution in [3.63, 3.8) is 0 Å². The predicted octanol–water partition coefficient (Wildman–Crippen LogP) is 3.06. The molecule has 0 radical (unpaired) electrons. The molecule has 4 rings (SSSR count). The van der Waals surface area contributed by atoms with Gasteiger partial charge in [-0.15, -0.1) is 0 Å². The number of aromatic nitrogens is 3. The van der Waals surface area contributed by atoms with E-state index in [0.29, 0.717) is 18.1 Å². The lowest BCUT2D eigenvalue weighted by Gasteiger charge is -2.10. The van der Waals surface area contributed by atoms with E-state index in [4.69, 9.17) is 9.36 Å². The van der Waals surface area contributed by atoms with Gasteiger partial charge in [0.25, 0.3) is 5.89 Å². The van der Waals surface area contributed by atoms with Gasteiger partial charge in [-0.1, -0.05) is 40.6 Å². The van der Waals surface area contributed by atoms with Gasteiger partial charge in [0.05, 0.1) is 5.71 Å². The van der Waals surface area contributed by atoms with Gasteiger partial charge in [-0.05, 0) is 17.7 Å². The number of anilines is 1. The summed E-state index contributed by atoms with van der Waals surface area (Å²) in [6, 6.07) is 13.7. The van der Waals surface area contributed by atoms with Crippen LogP contribution in [0.25, 0.3) is 11.4 Å². The van der Waals surface area contributed by atoms with E-state index in [9.17, 15) is 0 Å². The first kappa shape index (κ1) is 15.3. The van der Waals surface area contributed by atoms with Crippen molar-refractivity contribution in [1.82, 2.24) is 15.1 Å². The third-order valence-electron chi connectivity index (χ3n) is 3.95. The van der Waals surface area contributed by atoms with Crippen molar-refractivity contribution in [3.8, 4) is 11.4 Å². The van der Waals surface area contributed by atoms with E-state index in [1.807, 2.05) is 61.5 Å². The number of oxime groups is 1. The molecule has 3 heterocycles. The quantitative estimate of drug-likeness (QED) is 0.729. The molecule has 1 atom stereocenters. The smallest absolute Gasteiger partial charge is 0.271 e. The van der Waals surface area contributed by atoms with Crippen LogP contribution in [0.5, 0.6) is 0 Å². The molecule has 1 aliphatic rings. The molecule has 7 nitrogen and oxygen atoms in total. The summed E-state index contributed by atoms with van der Waals surface area (Å²) in [7, 11) is 3.87. The fourth-order valence-corrected chi connectivity index (χ4v) is 2.60. The molecule has 0 amide bonds. The van der Waals surface area contributed by atoms with Crippen molar-refractivity contribution in [1.29, 1.82) is 0 Å². The standard InChI is InChI=1S/C18H17N5O2/c1-23(2)16-10-13(8-9-19-16)17-20-18(25-22-17)15-11-14(21-24-15)12-6-4-3-5-7-12/h3-10,15H,11H2,1-2H3/t15-/m1/s1. The van der Waals surface area contributed by atoms with Crippen LogP contribution in [-0.2, 0) is 4.84 Å². The molecular formula is C18H17N5O2. The number of hydrogen-bond donors (Lipinski definition) is 0. The average molecular weight is 335 g/mol. The summed E-state index contributed by atoms with van der Waals surface area (Å²) in [5, 5.41) is 8.22. The van der Waals surface area contributed by atoms with Crippen LogP contribution in [0.1, 0.15) is 24.0 Å². The summed E-state index contributed by atoms with van der Waals surface area (Å²) in [5.41, 5.74) is 2.76. The van der Waals surface area contributed by atoms with E-state index >= 15 is 0 Å². The summed E-state index contributed by atoms with van der Waals surface area (Å²) in [6.07, 6.45) is 1.97. The first-order valence-electron chi connectivity index (χ1n) is 7.96. The second-order valence-electron chi connectivity index (χ2n) is 5.96. The van der Waals surface area contributed by atoms with Crippen molar-refractivity contribution in [2.75, 3.05) is 19.0 Å². The monoisotopic (exact) mass is 335 g/mol. The zero-order chi connectivity index (χ0) is 17.2. The van der Waals surface area contributed by atoms with Crippen LogP contribution >= 0.6 is 0 Å². The zero-order valence-corrected chi connectivity index (χ0v) is 14.0. The van der Waals surface area contributed by atoms with Gasteiger partial charge in [-0.2, -0.15) is 4.98 Å². The maximum absolute atomic E-state index is 5.49. The maximum Gasteiger partial charge on any atom is 0.271 e. The highest BCUT2D eigenvalue weighted by molar-refractivity contribution is 6.01. The zero-order valence-electron chi connectivity index (χ0n) is 14.0. The highest BCUT2D eigenvalue weighted by Crippen LogP contribution is 2.30. The molecule has 1 aliphatic heterocycles. The highest BCUT2D eigenvalue weighted by Gasteiger charge is 2.29. The Morgan fingerprint density at radius 1 is 1.08 bits per heavy atom. The summed E-state index contributed by atoms with van der Waals surface area (Å²) in [6.45, 7) is 0. The van der Waals surface area contributed by atoms with Gasteiger partial charge in [0.15, 0.2) is 0 Å². The Morgan fingerprint density at radius 2 is 1.92 bits per heavy atom. The Kier molecular flexibility index (Phi) is 3.89. The van der Waals surface area contributed by atoms with Gasteiger partial charge in [-0.3, -0.25) is 0 Å². The normalized spacial score (nSPS) is 16.4. The molecule has 0 fully saturated rings. The molecule has 7 heteroatoms. The average Bonchev–Trinajstić information content (AvgIpc) is 3.32. The van der Waals surface area contributed by atoms with Gasteiger partial charge in [0, 0.05) is 32.3 Å². The van der Waals surface area contributed by atoms with Crippen molar-refractivity contribution in [2.24, 2.45) is 5.16 Å². The van der Waals surface area contributed by atoms with Crippen LogP contribution < -0.4 is 4.90 Å². The molecule has 126 valence electrons. The number of hydrogen-bond acceptors (Lipinski definition) is 7. The van der Waals surface area contributed by atoms with Crippen LogP contribution in [0, 0.1) is 0 Å². The number of rotatable bonds is 4. The molecule has 0 N–H and O–H groups in total. The number of benzene rings is 1. The molecule has 0 unspecified atom stereocenters. The fraction of sp³-hybridized carbons (Fsp3) is 0.222. The van der Waals surface area contributed by atoms with Gasteiger partial charge in [0.2, 0.25) is 11.9 Å². The van der Waals surface area contributed by atoms with Crippen molar-refractivity contribution < 1.29 is 9.36 Å². The number of nitrogens with zero attached hydrogens (tertiary/aromatic N) is 5. The van der Waals surface area contributed by atoms with Crippen LogP contribution in [-0.4, -0.2) is 34.9 Å². The fourth-order valence-electron chi connectivity index (χ4n) is 2.60. The number of pyridine rings is 1. The van der Waals surface area contributed by atoms with Gasteiger partial charge in [0.1, 0.15) is 5.82 Å². The van der Waals surface area contributed by atoms with E-state index in [2.05, 4.69) is 20.3 Å². The lowest BCUT2D eigenvalue weighted by molar-refractivity contribution is 0.0599. The van der Waals surface area contributed by atoms with Crippen molar-refractivity contribution >= 4 is 11.5 Å². The molecule has 0 aliphatic carbocycles. The molecule has 0 bridgehead atoms. The highest BCUT2D eigenvalue weighted by atomic mass is 16.7. The SMILES string of the molecule is CN(C)c1cc(-c2noc([C@H]3CC(c4ccccc4)=NO3)n2)ccn1. The van der Waals surface area contributed by atoms with E-state index in [0.717, 1.165) is 22.7 Å². The Morgan fingerprint density at radius 3 is 2.72 bits per heavy atom. The minimum atomic E-state index is -0.355. The van der Waals surface area contributed by atoms with E-state index in [-0.39, 0.29) is 6.10 Å². The van der Waals surface area contributed by atoms with Gasteiger partial charge >= 0.3 is 0 Å². The molecule has 0 saturated carbocycles. The third kappa shape index (κ3) is 3.08. The van der Waals surface area contributed by atoms with E-state index in [1.165, 1.54) is 0 Å². The predicted molar refractivity (Wildman–Crippen MR) is 93.3 cm³/mol. The van der Waals surface area contributed by atoms with E-state index < -0.39 is 0 Å². The Labute approximate surface area is 144 Å². The third-order valence-corrected chi connectivity index (χ3v) is 3.95. The summed E-state index contributed by atoms with van der Waals surface area (Å²) in [4.78, 5) is 16.2. The molecule has 0 spiro atoms. The summed E-state index contributed by atoms with van der Waals surface area (Å²) < 4.78 is 5.39. The second-order valence-corrected chi connectivity index (χ2v) is 5.96. The molecule has 1 aromatic carbocycles. The summed E-state index contributed by atoms with van der Waals surface area (Å²) in [5.74, 6) is 1.76. The Bertz CT molecular complexity index is 905. The van der Waals surface area contributed by atoms with Gasteiger partial charge in [-0.25, -0.2) is 4.98 Å². The van der Waals surface area contributed by atoms with Crippen LogP contribution in [0.3, 0.4) is 0 Å². The maximum atomic E-state index is 5.49. The van der Waals surface area contributed by atoms with Gasteiger partial charge < -0.3 is 14.3 Å². The Hall–Kier alpha value is -3.22. The largest absolute Gasteiger partial charge is 0.382 e. The van der Waals surface area contributed by atoms with Crippen LogP contribution in [0.15, 0.2) is 58.3 Å². The lowest BCUT2D eigenvalue weighted by Crippen LogP contribution is -2.10. The van der Waals surface area contributed by atoms with Crippen LogP contribution in [0.2, 0.25) is 0 Å². The molecule has 3 aromatic rings. The topological polar surface area (TPSA) is 76.6 Å². The Balaban J connectivity index is 1.52. The lowest BCUT2D eigenvalue weighted by atomic mass is 10.1. The second kappa shape index (κ2) is 6.35. The molecule has 0 saturated heterocycles. The first-order chi connectivity index (χ1) is 12.2.